The van der Waals surface area contributed by atoms with E-state index in [9.17, 15) is 0 Å². The third kappa shape index (κ3) is 2.16. The van der Waals surface area contributed by atoms with Crippen molar-refractivity contribution in [3.8, 4) is 0 Å². The van der Waals surface area contributed by atoms with E-state index in [1.807, 2.05) is 0 Å². The normalized spacial score (nSPS) is 30.4. The van der Waals surface area contributed by atoms with Crippen molar-refractivity contribution in [2.24, 2.45) is 5.92 Å². The first-order valence-electron chi connectivity index (χ1n) is 7.66. The summed E-state index contributed by atoms with van der Waals surface area (Å²) < 4.78 is 6.55. The maximum absolute atomic E-state index is 5.39. The zero-order valence-corrected chi connectivity index (χ0v) is 14.1. The summed E-state index contributed by atoms with van der Waals surface area (Å²) in [6, 6.07) is 5.08. The van der Waals surface area contributed by atoms with Gasteiger partial charge in [0, 0.05) is 48.2 Å². The quantitative estimate of drug-likeness (QED) is 0.887. The lowest BCUT2D eigenvalue weighted by molar-refractivity contribution is 0.133. The van der Waals surface area contributed by atoms with Gasteiger partial charge < -0.3 is 10.1 Å². The molecule has 1 aromatic carbocycles. The van der Waals surface area contributed by atoms with Crippen LogP contribution in [0.4, 0.5) is 5.69 Å². The Balaban J connectivity index is 1.85. The SMILES string of the molecule is COC[C@@H]1C=C2c3cc(Br)cc4c3C(CN4)C[C@H]2N(C)C1. The first-order chi connectivity index (χ1) is 10.2. The molecule has 0 bridgehead atoms. The third-order valence-electron chi connectivity index (χ3n) is 5.12. The fraction of sp³-hybridized carbons (Fsp3) is 0.529. The maximum atomic E-state index is 5.39. The van der Waals surface area contributed by atoms with Gasteiger partial charge in [0.1, 0.15) is 0 Å². The number of halogens is 1. The Morgan fingerprint density at radius 1 is 1.43 bits per heavy atom. The van der Waals surface area contributed by atoms with Gasteiger partial charge in [0.15, 0.2) is 0 Å². The van der Waals surface area contributed by atoms with Crippen LogP contribution in [-0.4, -0.2) is 44.8 Å². The van der Waals surface area contributed by atoms with Crippen molar-refractivity contribution < 1.29 is 4.74 Å². The number of rotatable bonds is 2. The third-order valence-corrected chi connectivity index (χ3v) is 5.58. The topological polar surface area (TPSA) is 24.5 Å². The summed E-state index contributed by atoms with van der Waals surface area (Å²) in [6.45, 7) is 2.98. The van der Waals surface area contributed by atoms with E-state index in [4.69, 9.17) is 4.74 Å². The average molecular weight is 349 g/mol. The monoisotopic (exact) mass is 348 g/mol. The molecule has 0 radical (unpaired) electrons. The molecule has 0 saturated heterocycles. The lowest BCUT2D eigenvalue weighted by Gasteiger charge is -2.42. The lowest BCUT2D eigenvalue weighted by atomic mass is 9.75. The number of anilines is 1. The molecule has 4 rings (SSSR count). The van der Waals surface area contributed by atoms with Crippen LogP contribution < -0.4 is 5.32 Å². The van der Waals surface area contributed by atoms with E-state index < -0.39 is 0 Å². The average Bonchev–Trinajstić information content (AvgIpc) is 2.84. The van der Waals surface area contributed by atoms with Crippen molar-refractivity contribution in [3.63, 3.8) is 0 Å². The molecule has 112 valence electrons. The lowest BCUT2D eigenvalue weighted by Crippen LogP contribution is -2.43. The van der Waals surface area contributed by atoms with Gasteiger partial charge in [0.05, 0.1) is 6.61 Å². The van der Waals surface area contributed by atoms with Crippen molar-refractivity contribution in [2.75, 3.05) is 39.2 Å². The smallest absolute Gasteiger partial charge is 0.0537 e. The number of fused-ring (bicyclic) bond motifs is 2. The zero-order valence-electron chi connectivity index (χ0n) is 12.5. The van der Waals surface area contributed by atoms with Crippen molar-refractivity contribution in [1.82, 2.24) is 4.90 Å². The van der Waals surface area contributed by atoms with Gasteiger partial charge in [-0.15, -0.1) is 0 Å². The summed E-state index contributed by atoms with van der Waals surface area (Å²) in [7, 11) is 4.05. The Kier molecular flexibility index (Phi) is 3.36. The molecule has 0 saturated carbocycles. The number of likely N-dealkylation sites (N-methyl/N-ethyl adjacent to an activating group) is 1. The second-order valence-corrected chi connectivity index (χ2v) is 7.44. The summed E-state index contributed by atoms with van der Waals surface area (Å²) in [5, 5.41) is 3.58. The van der Waals surface area contributed by atoms with Crippen LogP contribution >= 0.6 is 15.9 Å². The van der Waals surface area contributed by atoms with Gasteiger partial charge in [-0.25, -0.2) is 0 Å². The van der Waals surface area contributed by atoms with Crippen molar-refractivity contribution >= 4 is 27.2 Å². The Bertz CT molecular complexity index is 613. The van der Waals surface area contributed by atoms with Crippen LogP contribution in [0.25, 0.3) is 5.57 Å². The molecule has 0 amide bonds. The molecule has 1 N–H and O–H groups in total. The van der Waals surface area contributed by atoms with Gasteiger partial charge in [-0.05, 0) is 42.3 Å². The molecule has 0 aromatic heterocycles. The van der Waals surface area contributed by atoms with E-state index in [0.29, 0.717) is 17.9 Å². The molecule has 3 atom stereocenters. The maximum Gasteiger partial charge on any atom is 0.0537 e. The highest BCUT2D eigenvalue weighted by Gasteiger charge is 2.39. The summed E-state index contributed by atoms with van der Waals surface area (Å²) in [5.74, 6) is 1.15. The molecule has 2 heterocycles. The molecule has 21 heavy (non-hydrogen) atoms. The van der Waals surface area contributed by atoms with E-state index in [0.717, 1.165) is 19.7 Å². The summed E-state index contributed by atoms with van der Waals surface area (Å²) in [4.78, 5) is 2.51. The van der Waals surface area contributed by atoms with Gasteiger partial charge in [-0.3, -0.25) is 4.90 Å². The fourth-order valence-corrected chi connectivity index (χ4v) is 4.75. The van der Waals surface area contributed by atoms with Crippen molar-refractivity contribution in [2.45, 2.75) is 18.4 Å². The van der Waals surface area contributed by atoms with Crippen LogP contribution in [0.1, 0.15) is 23.5 Å². The Labute approximate surface area is 134 Å². The van der Waals surface area contributed by atoms with Gasteiger partial charge in [0.2, 0.25) is 0 Å². The minimum absolute atomic E-state index is 0.492. The number of nitrogens with one attached hydrogen (secondary N) is 1. The van der Waals surface area contributed by atoms with Gasteiger partial charge in [0.25, 0.3) is 0 Å². The summed E-state index contributed by atoms with van der Waals surface area (Å²) in [5.41, 5.74) is 5.80. The molecule has 0 fully saturated rings. The number of benzene rings is 1. The van der Waals surface area contributed by atoms with E-state index in [1.165, 1.54) is 33.3 Å². The molecule has 3 aliphatic rings. The highest BCUT2D eigenvalue weighted by Crippen LogP contribution is 2.49. The predicted octanol–water partition coefficient (Wildman–Crippen LogP) is 3.32. The van der Waals surface area contributed by atoms with Gasteiger partial charge in [-0.1, -0.05) is 22.0 Å². The number of methoxy groups -OCH3 is 1. The molecule has 1 unspecified atom stereocenters. The highest BCUT2D eigenvalue weighted by atomic mass is 79.9. The molecule has 1 aliphatic carbocycles. The second-order valence-electron chi connectivity index (χ2n) is 6.52. The first kappa shape index (κ1) is 13.8. The predicted molar refractivity (Wildman–Crippen MR) is 89.8 cm³/mol. The highest BCUT2D eigenvalue weighted by molar-refractivity contribution is 9.10. The standard InChI is InChI=1S/C17H21BrN2O/c1-20-8-10(9-21-2)3-13-14-5-12(18)6-15-17(14)11(7-19-15)4-16(13)20/h3,5-6,10-11,16,19H,4,7-9H2,1-2H3/t10-,11?,16-/m1/s1. The van der Waals surface area contributed by atoms with E-state index in [-0.39, 0.29) is 0 Å². The minimum Gasteiger partial charge on any atom is -0.384 e. The van der Waals surface area contributed by atoms with Crippen molar-refractivity contribution in [1.29, 1.82) is 0 Å². The number of ether oxygens (including phenoxy) is 1. The first-order valence-corrected chi connectivity index (χ1v) is 8.45. The molecular formula is C17H21BrN2O. The molecule has 3 nitrogen and oxygen atoms in total. The Morgan fingerprint density at radius 2 is 2.29 bits per heavy atom. The van der Waals surface area contributed by atoms with Crippen LogP contribution in [0.5, 0.6) is 0 Å². The molecule has 0 spiro atoms. The zero-order chi connectivity index (χ0) is 14.6. The summed E-state index contributed by atoms with van der Waals surface area (Å²) >= 11 is 3.67. The summed E-state index contributed by atoms with van der Waals surface area (Å²) in [6.07, 6.45) is 3.70. The van der Waals surface area contributed by atoms with Crippen LogP contribution in [0.15, 0.2) is 22.7 Å². The molecule has 4 heteroatoms. The van der Waals surface area contributed by atoms with Crippen molar-refractivity contribution in [3.05, 3.63) is 33.8 Å². The largest absolute Gasteiger partial charge is 0.384 e. The van der Waals surface area contributed by atoms with Gasteiger partial charge >= 0.3 is 0 Å². The minimum atomic E-state index is 0.492. The second kappa shape index (κ2) is 5.11. The Hall–Kier alpha value is -0.840. The van der Waals surface area contributed by atoms with Crippen LogP contribution in [0, 0.1) is 5.92 Å². The van der Waals surface area contributed by atoms with E-state index >= 15 is 0 Å². The van der Waals surface area contributed by atoms with Crippen LogP contribution in [0.2, 0.25) is 0 Å². The van der Waals surface area contributed by atoms with E-state index in [2.05, 4.69) is 51.4 Å². The van der Waals surface area contributed by atoms with E-state index in [1.54, 1.807) is 7.11 Å². The molecule has 1 aromatic rings. The van der Waals surface area contributed by atoms with Gasteiger partial charge in [-0.2, -0.15) is 0 Å². The molecule has 2 aliphatic heterocycles. The van der Waals surface area contributed by atoms with Crippen LogP contribution in [0.3, 0.4) is 0 Å². The number of hydrogen-bond donors (Lipinski definition) is 1. The number of hydrogen-bond acceptors (Lipinski definition) is 3. The fourth-order valence-electron chi connectivity index (χ4n) is 4.29. The number of nitrogens with zero attached hydrogens (tertiary/aromatic N) is 1. The molecular weight excluding hydrogens is 328 g/mol. The van der Waals surface area contributed by atoms with Crippen LogP contribution in [-0.2, 0) is 4.74 Å². The Morgan fingerprint density at radius 3 is 3.10 bits per heavy atom.